The highest BCUT2D eigenvalue weighted by Crippen LogP contribution is 2.30. The Balaban J connectivity index is 1.79. The first-order chi connectivity index (χ1) is 9.79. The number of benzene rings is 1. The van der Waals surface area contributed by atoms with Crippen LogP contribution in [-0.2, 0) is 26.2 Å². The van der Waals surface area contributed by atoms with Crippen LogP contribution in [0.2, 0.25) is 0 Å². The van der Waals surface area contributed by atoms with Crippen LogP contribution >= 0.6 is 15.9 Å². The fourth-order valence-corrected chi connectivity index (χ4v) is 2.97. The smallest absolute Gasteiger partial charge is 0.171 e. The number of aryl methyl sites for hydroxylation is 1. The van der Waals surface area contributed by atoms with E-state index in [0.717, 1.165) is 41.1 Å². The molecule has 106 valence electrons. The summed E-state index contributed by atoms with van der Waals surface area (Å²) in [6.07, 6.45) is 3.33. The molecule has 0 amide bonds. The fraction of sp³-hybridized carbons (Fsp3) is 0.429. The minimum atomic E-state index is -0.0489. The number of hydrogen-bond donors (Lipinski definition) is 1. The molecule has 6 heteroatoms. The number of ether oxygens (including phenoxy) is 1. The number of aliphatic hydroxyl groups excluding tert-OH is 1. The van der Waals surface area contributed by atoms with Gasteiger partial charge in [0.05, 0.1) is 11.1 Å². The van der Waals surface area contributed by atoms with Crippen LogP contribution < -0.4 is 4.74 Å². The van der Waals surface area contributed by atoms with Crippen molar-refractivity contribution >= 4 is 15.9 Å². The molecule has 0 aliphatic carbocycles. The molecule has 2 aromatic rings. The second-order valence-electron chi connectivity index (χ2n) is 4.82. The van der Waals surface area contributed by atoms with Crippen molar-refractivity contribution in [1.29, 1.82) is 0 Å². The summed E-state index contributed by atoms with van der Waals surface area (Å²) in [5.74, 6) is 2.56. The van der Waals surface area contributed by atoms with Crippen LogP contribution in [0.3, 0.4) is 0 Å². The second kappa shape index (κ2) is 5.93. The Morgan fingerprint density at radius 1 is 1.30 bits per heavy atom. The highest BCUT2D eigenvalue weighted by Gasteiger charge is 2.17. The molecule has 1 N–H and O–H groups in total. The van der Waals surface area contributed by atoms with Crippen LogP contribution in [0.25, 0.3) is 0 Å². The molecule has 3 rings (SSSR count). The molecular weight excluding hydrogens is 322 g/mol. The Morgan fingerprint density at radius 3 is 3.05 bits per heavy atom. The van der Waals surface area contributed by atoms with Crippen LogP contribution in [-0.4, -0.2) is 19.9 Å². The van der Waals surface area contributed by atoms with Gasteiger partial charge in [-0.3, -0.25) is 0 Å². The van der Waals surface area contributed by atoms with Crippen LogP contribution in [0, 0.1) is 0 Å². The number of rotatable bonds is 4. The summed E-state index contributed by atoms with van der Waals surface area (Å²) in [5.41, 5.74) is 0.762. The van der Waals surface area contributed by atoms with Gasteiger partial charge in [-0.25, -0.2) is 0 Å². The van der Waals surface area contributed by atoms with E-state index in [1.807, 2.05) is 18.2 Å². The molecule has 2 heterocycles. The normalized spacial score (nSPS) is 14.1. The summed E-state index contributed by atoms with van der Waals surface area (Å²) < 4.78 is 8.81. The van der Waals surface area contributed by atoms with E-state index in [1.54, 1.807) is 0 Å². The molecule has 1 aromatic heterocycles. The molecule has 1 aromatic carbocycles. The van der Waals surface area contributed by atoms with Gasteiger partial charge >= 0.3 is 0 Å². The van der Waals surface area contributed by atoms with E-state index >= 15 is 0 Å². The Hall–Kier alpha value is -1.40. The van der Waals surface area contributed by atoms with Crippen molar-refractivity contribution in [3.63, 3.8) is 0 Å². The number of halogens is 1. The molecule has 0 saturated heterocycles. The maximum Gasteiger partial charge on any atom is 0.171 e. The van der Waals surface area contributed by atoms with E-state index in [4.69, 9.17) is 4.74 Å². The maximum absolute atomic E-state index is 9.36. The second-order valence-corrected chi connectivity index (χ2v) is 5.67. The average molecular weight is 338 g/mol. The summed E-state index contributed by atoms with van der Waals surface area (Å²) in [5, 5.41) is 17.8. The van der Waals surface area contributed by atoms with E-state index in [2.05, 4.69) is 30.7 Å². The van der Waals surface area contributed by atoms with Crippen molar-refractivity contribution in [2.24, 2.45) is 0 Å². The van der Waals surface area contributed by atoms with Gasteiger partial charge in [-0.05, 0) is 34.8 Å². The van der Waals surface area contributed by atoms with Crippen molar-refractivity contribution in [3.05, 3.63) is 39.9 Å². The van der Waals surface area contributed by atoms with Crippen LogP contribution in [0.4, 0.5) is 0 Å². The Morgan fingerprint density at radius 2 is 2.20 bits per heavy atom. The van der Waals surface area contributed by atoms with Gasteiger partial charge in [0, 0.05) is 18.5 Å². The summed E-state index contributed by atoms with van der Waals surface area (Å²) in [6.45, 7) is 1.28. The van der Waals surface area contributed by atoms with Gasteiger partial charge < -0.3 is 14.4 Å². The molecule has 1 aliphatic rings. The Labute approximate surface area is 125 Å². The zero-order valence-corrected chi connectivity index (χ0v) is 12.6. The predicted octanol–water partition coefficient (Wildman–Crippen LogP) is 2.45. The lowest BCUT2D eigenvalue weighted by molar-refractivity contribution is 0.251. The molecule has 0 saturated carbocycles. The topological polar surface area (TPSA) is 60.2 Å². The first-order valence-corrected chi connectivity index (χ1v) is 7.51. The Kier molecular flexibility index (Phi) is 4.03. The third kappa shape index (κ3) is 2.58. The third-order valence-corrected chi connectivity index (χ3v) is 4.13. The lowest BCUT2D eigenvalue weighted by atomic mass is 10.2. The van der Waals surface area contributed by atoms with E-state index in [-0.39, 0.29) is 6.61 Å². The quantitative estimate of drug-likeness (QED) is 0.930. The molecule has 5 nitrogen and oxygen atoms in total. The minimum absolute atomic E-state index is 0.0489. The van der Waals surface area contributed by atoms with E-state index in [0.29, 0.717) is 12.4 Å². The van der Waals surface area contributed by atoms with Crippen LogP contribution in [0.1, 0.15) is 30.1 Å². The predicted molar refractivity (Wildman–Crippen MR) is 77.4 cm³/mol. The van der Waals surface area contributed by atoms with Gasteiger partial charge in [0.25, 0.3) is 0 Å². The maximum atomic E-state index is 9.36. The van der Waals surface area contributed by atoms with Gasteiger partial charge in [0.1, 0.15) is 18.2 Å². The third-order valence-electron chi connectivity index (χ3n) is 3.50. The van der Waals surface area contributed by atoms with Gasteiger partial charge in [-0.2, -0.15) is 0 Å². The van der Waals surface area contributed by atoms with Crippen molar-refractivity contribution in [1.82, 2.24) is 14.8 Å². The molecule has 0 fully saturated rings. The average Bonchev–Trinajstić information content (AvgIpc) is 2.89. The summed E-state index contributed by atoms with van der Waals surface area (Å²) >= 11 is 3.45. The number of fused-ring (bicyclic) bond motifs is 1. The monoisotopic (exact) mass is 337 g/mol. The number of aromatic nitrogens is 3. The van der Waals surface area contributed by atoms with Gasteiger partial charge in [0.2, 0.25) is 0 Å². The van der Waals surface area contributed by atoms with E-state index < -0.39 is 0 Å². The van der Waals surface area contributed by atoms with Crippen molar-refractivity contribution in [2.75, 3.05) is 0 Å². The number of para-hydroxylation sites is 1. The molecule has 0 spiro atoms. The largest absolute Gasteiger partial charge is 0.484 e. The zero-order valence-electron chi connectivity index (χ0n) is 11.0. The fourth-order valence-electron chi connectivity index (χ4n) is 2.45. The van der Waals surface area contributed by atoms with Gasteiger partial charge in [-0.15, -0.1) is 10.2 Å². The molecular formula is C14H16BrN3O2. The first-order valence-electron chi connectivity index (χ1n) is 6.71. The van der Waals surface area contributed by atoms with E-state index in [1.165, 1.54) is 6.42 Å². The zero-order chi connectivity index (χ0) is 13.9. The highest BCUT2D eigenvalue weighted by atomic mass is 79.9. The summed E-state index contributed by atoms with van der Waals surface area (Å²) in [7, 11) is 0. The van der Waals surface area contributed by atoms with Gasteiger partial charge in [-0.1, -0.05) is 12.1 Å². The van der Waals surface area contributed by atoms with Crippen LogP contribution in [0.15, 0.2) is 22.7 Å². The number of nitrogens with zero attached hydrogens (tertiary/aromatic N) is 3. The molecule has 0 atom stereocenters. The Bertz CT molecular complexity index is 612. The molecule has 0 radical (unpaired) electrons. The highest BCUT2D eigenvalue weighted by molar-refractivity contribution is 9.10. The van der Waals surface area contributed by atoms with Crippen molar-refractivity contribution in [2.45, 2.75) is 39.0 Å². The standard InChI is InChI=1S/C14H16BrN3O2/c15-11-5-3-4-10(8-19)14(11)20-9-13-17-16-12-6-1-2-7-18(12)13/h3-5,19H,1-2,6-9H2. The van der Waals surface area contributed by atoms with Crippen molar-refractivity contribution in [3.8, 4) is 5.75 Å². The van der Waals surface area contributed by atoms with E-state index in [9.17, 15) is 5.11 Å². The summed E-state index contributed by atoms with van der Waals surface area (Å²) in [6, 6.07) is 5.62. The lowest BCUT2D eigenvalue weighted by Crippen LogP contribution is -2.14. The van der Waals surface area contributed by atoms with Crippen LogP contribution in [0.5, 0.6) is 5.75 Å². The SMILES string of the molecule is OCc1cccc(Br)c1OCc1nnc2n1CCCC2. The van der Waals surface area contributed by atoms with Gasteiger partial charge in [0.15, 0.2) is 5.82 Å². The first kappa shape index (κ1) is 13.6. The molecule has 0 unspecified atom stereocenters. The molecule has 1 aliphatic heterocycles. The molecule has 20 heavy (non-hydrogen) atoms. The lowest BCUT2D eigenvalue weighted by Gasteiger charge is -2.16. The van der Waals surface area contributed by atoms with Crippen molar-refractivity contribution < 1.29 is 9.84 Å². The number of hydrogen-bond acceptors (Lipinski definition) is 4. The number of aliphatic hydroxyl groups is 1. The summed E-state index contributed by atoms with van der Waals surface area (Å²) in [4.78, 5) is 0. The molecule has 0 bridgehead atoms. The minimum Gasteiger partial charge on any atom is -0.484 e.